The number of hydrogen-bond acceptors (Lipinski definition) is 4. The quantitative estimate of drug-likeness (QED) is 0.861. The lowest BCUT2D eigenvalue weighted by Crippen LogP contribution is -2.37. The van der Waals surface area contributed by atoms with Gasteiger partial charge in [0.05, 0.1) is 19.8 Å². The molecular formula is C17H25FN2O3. The molecule has 1 saturated heterocycles. The first-order valence-electron chi connectivity index (χ1n) is 7.87. The maximum absolute atomic E-state index is 13.7. The zero-order valence-electron chi connectivity index (χ0n) is 14.0. The second kappa shape index (κ2) is 7.75. The highest BCUT2D eigenvalue weighted by Crippen LogP contribution is 2.20. The second-order valence-corrected chi connectivity index (χ2v) is 6.24. The minimum absolute atomic E-state index is 0.00697. The Balaban J connectivity index is 1.87. The summed E-state index contributed by atoms with van der Waals surface area (Å²) in [5.41, 5.74) is 0.724. The van der Waals surface area contributed by atoms with E-state index < -0.39 is 5.82 Å². The van der Waals surface area contributed by atoms with Gasteiger partial charge in [-0.25, -0.2) is 4.39 Å². The van der Waals surface area contributed by atoms with Crippen molar-refractivity contribution in [1.29, 1.82) is 0 Å². The number of likely N-dealkylation sites (tertiary alicyclic amines) is 1. The molecule has 0 bridgehead atoms. The SMILES string of the molecule is COc1ccc(CN(C)C(=O)CN2CCC(C(C)O)C2)cc1F. The third kappa shape index (κ3) is 4.65. The third-order valence-corrected chi connectivity index (χ3v) is 4.41. The van der Waals surface area contributed by atoms with E-state index in [0.717, 1.165) is 25.1 Å². The standard InChI is InChI=1S/C17H25FN2O3/c1-12(21)14-6-7-20(10-14)11-17(22)19(2)9-13-4-5-16(23-3)15(18)8-13/h4-5,8,12,14,21H,6-7,9-11H2,1-3H3. The molecule has 1 aliphatic heterocycles. The number of halogens is 1. The number of aliphatic hydroxyl groups is 1. The molecule has 1 aliphatic rings. The number of nitrogens with zero attached hydrogens (tertiary/aromatic N) is 2. The number of methoxy groups -OCH3 is 1. The number of ether oxygens (including phenoxy) is 1. The first-order valence-corrected chi connectivity index (χ1v) is 7.87. The fourth-order valence-corrected chi connectivity index (χ4v) is 2.88. The van der Waals surface area contributed by atoms with Crippen LogP contribution in [0.3, 0.4) is 0 Å². The highest BCUT2D eigenvalue weighted by molar-refractivity contribution is 5.78. The summed E-state index contributed by atoms with van der Waals surface area (Å²) in [6, 6.07) is 4.71. The van der Waals surface area contributed by atoms with Gasteiger partial charge in [-0.2, -0.15) is 0 Å². The Morgan fingerprint density at radius 3 is 2.87 bits per heavy atom. The minimum atomic E-state index is -0.426. The maximum atomic E-state index is 13.7. The second-order valence-electron chi connectivity index (χ2n) is 6.24. The molecular weight excluding hydrogens is 299 g/mol. The fourth-order valence-electron chi connectivity index (χ4n) is 2.88. The van der Waals surface area contributed by atoms with Gasteiger partial charge in [-0.3, -0.25) is 9.69 Å². The zero-order chi connectivity index (χ0) is 17.0. The Morgan fingerprint density at radius 1 is 1.57 bits per heavy atom. The fraction of sp³-hybridized carbons (Fsp3) is 0.588. The van der Waals surface area contributed by atoms with Crippen LogP contribution in [0, 0.1) is 11.7 Å². The lowest BCUT2D eigenvalue weighted by Gasteiger charge is -2.22. The lowest BCUT2D eigenvalue weighted by molar-refractivity contribution is -0.131. The number of benzene rings is 1. The number of hydrogen-bond donors (Lipinski definition) is 1. The molecule has 2 rings (SSSR count). The maximum Gasteiger partial charge on any atom is 0.236 e. The largest absolute Gasteiger partial charge is 0.494 e. The Bertz CT molecular complexity index is 551. The number of carbonyl (C=O) groups excluding carboxylic acids is 1. The van der Waals surface area contributed by atoms with Gasteiger partial charge in [0, 0.05) is 20.1 Å². The Kier molecular flexibility index (Phi) is 5.96. The van der Waals surface area contributed by atoms with Gasteiger partial charge >= 0.3 is 0 Å². The summed E-state index contributed by atoms with van der Waals surface area (Å²) in [5.74, 6) is 0.00499. The van der Waals surface area contributed by atoms with E-state index in [9.17, 15) is 14.3 Å². The van der Waals surface area contributed by atoms with Gasteiger partial charge in [-0.05, 0) is 43.5 Å². The summed E-state index contributed by atoms with van der Waals surface area (Å²) in [5, 5.41) is 9.61. The minimum Gasteiger partial charge on any atom is -0.494 e. The van der Waals surface area contributed by atoms with Gasteiger partial charge in [0.1, 0.15) is 0 Å². The number of amides is 1. The van der Waals surface area contributed by atoms with Crippen molar-refractivity contribution < 1.29 is 19.0 Å². The van der Waals surface area contributed by atoms with Crippen LogP contribution in [0.5, 0.6) is 5.75 Å². The molecule has 128 valence electrons. The third-order valence-electron chi connectivity index (χ3n) is 4.41. The van der Waals surface area contributed by atoms with Crippen molar-refractivity contribution in [2.24, 2.45) is 5.92 Å². The van der Waals surface area contributed by atoms with Crippen molar-refractivity contribution in [1.82, 2.24) is 9.80 Å². The Morgan fingerprint density at radius 2 is 2.30 bits per heavy atom. The van der Waals surface area contributed by atoms with E-state index in [1.807, 2.05) is 0 Å². The summed E-state index contributed by atoms with van der Waals surface area (Å²) >= 11 is 0. The lowest BCUT2D eigenvalue weighted by atomic mass is 10.0. The molecule has 1 N–H and O–H groups in total. The summed E-state index contributed by atoms with van der Waals surface area (Å²) in [4.78, 5) is 15.9. The van der Waals surface area contributed by atoms with Gasteiger partial charge in [0.2, 0.25) is 5.91 Å². The van der Waals surface area contributed by atoms with Crippen LogP contribution in [-0.4, -0.2) is 60.7 Å². The van der Waals surface area contributed by atoms with Crippen molar-refractivity contribution in [3.05, 3.63) is 29.6 Å². The molecule has 1 amide bonds. The van der Waals surface area contributed by atoms with E-state index in [4.69, 9.17) is 4.74 Å². The predicted molar refractivity (Wildman–Crippen MR) is 85.7 cm³/mol. The van der Waals surface area contributed by atoms with Gasteiger partial charge in [0.25, 0.3) is 0 Å². The summed E-state index contributed by atoms with van der Waals surface area (Å²) < 4.78 is 18.6. The van der Waals surface area contributed by atoms with Gasteiger partial charge in [-0.15, -0.1) is 0 Å². The van der Waals surface area contributed by atoms with Crippen LogP contribution in [0.25, 0.3) is 0 Å². The van der Waals surface area contributed by atoms with E-state index in [-0.39, 0.29) is 23.7 Å². The molecule has 23 heavy (non-hydrogen) atoms. The van der Waals surface area contributed by atoms with Crippen LogP contribution >= 0.6 is 0 Å². The molecule has 0 aliphatic carbocycles. The molecule has 1 aromatic carbocycles. The summed E-state index contributed by atoms with van der Waals surface area (Å²) in [6.07, 6.45) is 0.577. The molecule has 5 nitrogen and oxygen atoms in total. The van der Waals surface area contributed by atoms with Crippen LogP contribution in [0.4, 0.5) is 4.39 Å². The molecule has 1 aromatic rings. The highest BCUT2D eigenvalue weighted by atomic mass is 19.1. The molecule has 0 spiro atoms. The van der Waals surface area contributed by atoms with Crippen LogP contribution in [0.15, 0.2) is 18.2 Å². The van der Waals surface area contributed by atoms with Crippen LogP contribution in [-0.2, 0) is 11.3 Å². The van der Waals surface area contributed by atoms with Crippen LogP contribution in [0.2, 0.25) is 0 Å². The van der Waals surface area contributed by atoms with Crippen molar-refractivity contribution in [3.8, 4) is 5.75 Å². The van der Waals surface area contributed by atoms with Gasteiger partial charge in [0.15, 0.2) is 11.6 Å². The summed E-state index contributed by atoms with van der Waals surface area (Å²) in [6.45, 7) is 4.05. The van der Waals surface area contributed by atoms with Gasteiger partial charge < -0.3 is 14.7 Å². The van der Waals surface area contributed by atoms with E-state index in [1.54, 1.807) is 31.0 Å². The first-order chi connectivity index (χ1) is 10.9. The van der Waals surface area contributed by atoms with Crippen LogP contribution in [0.1, 0.15) is 18.9 Å². The molecule has 1 heterocycles. The van der Waals surface area contributed by atoms with Gasteiger partial charge in [-0.1, -0.05) is 6.07 Å². The number of aliphatic hydroxyl groups excluding tert-OH is 1. The van der Waals surface area contributed by atoms with E-state index in [0.29, 0.717) is 13.1 Å². The molecule has 6 heteroatoms. The smallest absolute Gasteiger partial charge is 0.236 e. The summed E-state index contributed by atoms with van der Waals surface area (Å²) in [7, 11) is 3.14. The number of likely N-dealkylation sites (N-methyl/N-ethyl adjacent to an activating group) is 1. The van der Waals surface area contributed by atoms with Crippen molar-refractivity contribution in [2.75, 3.05) is 33.8 Å². The topological polar surface area (TPSA) is 53.0 Å². The van der Waals surface area contributed by atoms with Crippen LogP contribution < -0.4 is 4.74 Å². The highest BCUT2D eigenvalue weighted by Gasteiger charge is 2.27. The van der Waals surface area contributed by atoms with E-state index in [1.165, 1.54) is 13.2 Å². The van der Waals surface area contributed by atoms with Crippen molar-refractivity contribution in [3.63, 3.8) is 0 Å². The first kappa shape index (κ1) is 17.7. The molecule has 0 saturated carbocycles. The molecule has 0 radical (unpaired) electrons. The normalized spacial score (nSPS) is 19.6. The predicted octanol–water partition coefficient (Wildman–Crippen LogP) is 1.50. The monoisotopic (exact) mass is 324 g/mol. The number of rotatable bonds is 6. The van der Waals surface area contributed by atoms with Crippen molar-refractivity contribution in [2.45, 2.75) is 26.0 Å². The zero-order valence-corrected chi connectivity index (χ0v) is 14.0. The molecule has 2 atom stereocenters. The Hall–Kier alpha value is -1.66. The molecule has 1 fully saturated rings. The van der Waals surface area contributed by atoms with Crippen molar-refractivity contribution >= 4 is 5.91 Å². The number of carbonyl (C=O) groups is 1. The van der Waals surface area contributed by atoms with E-state index in [2.05, 4.69) is 4.90 Å². The average molecular weight is 324 g/mol. The molecule has 0 aromatic heterocycles. The molecule has 2 unspecified atom stereocenters. The Labute approximate surface area is 136 Å². The van der Waals surface area contributed by atoms with E-state index >= 15 is 0 Å². The average Bonchev–Trinajstić information content (AvgIpc) is 2.96.